The van der Waals surface area contributed by atoms with Gasteiger partial charge in [0.05, 0.1) is 6.42 Å². The van der Waals surface area contributed by atoms with Crippen LogP contribution in [0.1, 0.15) is 32.0 Å². The van der Waals surface area contributed by atoms with Crippen LogP contribution in [0.15, 0.2) is 53.1 Å². The van der Waals surface area contributed by atoms with Crippen LogP contribution in [0.5, 0.6) is 0 Å². The van der Waals surface area contributed by atoms with Crippen LogP contribution in [0, 0.1) is 0 Å². The Labute approximate surface area is 135 Å². The number of benzene rings is 2. The second-order valence-electron chi connectivity index (χ2n) is 6.68. The molecule has 0 aliphatic carbocycles. The number of carbonyl (C=O) groups is 1. The Hall–Kier alpha value is -2.62. The summed E-state index contributed by atoms with van der Waals surface area (Å²) in [5, 5.41) is 7.77. The van der Waals surface area contributed by atoms with Crippen LogP contribution >= 0.6 is 0 Å². The Balaban J connectivity index is 1.70. The third kappa shape index (κ3) is 3.42. The summed E-state index contributed by atoms with van der Waals surface area (Å²) in [7, 11) is 0. The quantitative estimate of drug-likeness (QED) is 0.784. The fraction of sp³-hybridized carbons (Fsp3) is 0.263. The number of amides is 1. The number of nitrogens with zero attached hydrogens (tertiary/aromatic N) is 1. The van der Waals surface area contributed by atoms with Gasteiger partial charge in [0.15, 0.2) is 5.58 Å². The Morgan fingerprint density at radius 1 is 1.09 bits per heavy atom. The molecular formula is C19H20N2O2. The number of nitrogens with one attached hydrogen (secondary N) is 1. The van der Waals surface area contributed by atoms with Gasteiger partial charge in [-0.1, -0.05) is 50.2 Å². The van der Waals surface area contributed by atoms with Crippen LogP contribution in [-0.4, -0.2) is 11.1 Å². The van der Waals surface area contributed by atoms with Crippen LogP contribution in [0.2, 0.25) is 0 Å². The lowest BCUT2D eigenvalue weighted by molar-refractivity contribution is -0.115. The maximum Gasteiger partial charge on any atom is 0.230 e. The van der Waals surface area contributed by atoms with Gasteiger partial charge in [-0.3, -0.25) is 4.79 Å². The standard InChI is InChI=1S/C19H20N2O2/c1-19(2,3)13-8-10-14(11-9-13)20-18(22)12-16-15-6-4-5-7-17(15)23-21-16/h4-11H,12H2,1-3H3,(H,20,22). The number of aromatic nitrogens is 1. The van der Waals surface area contributed by atoms with Gasteiger partial charge in [-0.15, -0.1) is 0 Å². The van der Waals surface area contributed by atoms with Gasteiger partial charge in [0.2, 0.25) is 5.91 Å². The molecule has 0 unspecified atom stereocenters. The lowest BCUT2D eigenvalue weighted by atomic mass is 9.87. The van der Waals surface area contributed by atoms with E-state index in [1.807, 2.05) is 48.5 Å². The number of para-hydroxylation sites is 1. The average molecular weight is 308 g/mol. The van der Waals surface area contributed by atoms with Crippen LogP contribution in [0.3, 0.4) is 0 Å². The van der Waals surface area contributed by atoms with Crippen molar-refractivity contribution in [3.63, 3.8) is 0 Å². The van der Waals surface area contributed by atoms with E-state index in [2.05, 4.69) is 31.2 Å². The SMILES string of the molecule is CC(C)(C)c1ccc(NC(=O)Cc2noc3ccccc23)cc1. The topological polar surface area (TPSA) is 55.1 Å². The van der Waals surface area contributed by atoms with Crippen molar-refractivity contribution in [3.8, 4) is 0 Å². The Bertz CT molecular complexity index is 826. The maximum atomic E-state index is 12.2. The molecule has 2 aromatic carbocycles. The Kier molecular flexibility index (Phi) is 3.90. The van der Waals surface area contributed by atoms with Crippen LogP contribution in [-0.2, 0) is 16.6 Å². The largest absolute Gasteiger partial charge is 0.356 e. The maximum absolute atomic E-state index is 12.2. The fourth-order valence-electron chi connectivity index (χ4n) is 2.48. The molecule has 3 rings (SSSR count). The minimum Gasteiger partial charge on any atom is -0.356 e. The lowest BCUT2D eigenvalue weighted by Gasteiger charge is -2.19. The van der Waals surface area contributed by atoms with Crippen molar-refractivity contribution in [2.45, 2.75) is 32.6 Å². The van der Waals surface area contributed by atoms with E-state index in [4.69, 9.17) is 4.52 Å². The highest BCUT2D eigenvalue weighted by Gasteiger charge is 2.14. The molecule has 118 valence electrons. The Morgan fingerprint density at radius 3 is 2.48 bits per heavy atom. The molecule has 0 aliphatic rings. The molecule has 1 amide bonds. The first-order chi connectivity index (χ1) is 10.9. The van der Waals surface area contributed by atoms with Gasteiger partial charge in [0.1, 0.15) is 5.69 Å². The monoisotopic (exact) mass is 308 g/mol. The smallest absolute Gasteiger partial charge is 0.230 e. The van der Waals surface area contributed by atoms with Crippen LogP contribution in [0.4, 0.5) is 5.69 Å². The highest BCUT2D eigenvalue weighted by atomic mass is 16.5. The van der Waals surface area contributed by atoms with Gasteiger partial charge >= 0.3 is 0 Å². The highest BCUT2D eigenvalue weighted by molar-refractivity contribution is 5.94. The van der Waals surface area contributed by atoms with Crippen LogP contribution < -0.4 is 5.32 Å². The number of hydrogen-bond acceptors (Lipinski definition) is 3. The molecule has 0 saturated carbocycles. The van der Waals surface area contributed by atoms with Gasteiger partial charge in [0, 0.05) is 11.1 Å². The van der Waals surface area contributed by atoms with E-state index < -0.39 is 0 Å². The normalized spacial score (nSPS) is 11.6. The average Bonchev–Trinajstić information content (AvgIpc) is 2.90. The zero-order chi connectivity index (χ0) is 16.4. The number of rotatable bonds is 3. The summed E-state index contributed by atoms with van der Waals surface area (Å²) in [4.78, 5) is 12.2. The Morgan fingerprint density at radius 2 is 1.78 bits per heavy atom. The molecule has 0 saturated heterocycles. The van der Waals surface area contributed by atoms with E-state index in [0.717, 1.165) is 11.1 Å². The molecule has 4 nitrogen and oxygen atoms in total. The molecule has 0 radical (unpaired) electrons. The first kappa shape index (κ1) is 15.3. The third-order valence-electron chi connectivity index (χ3n) is 3.81. The van der Waals surface area contributed by atoms with Gasteiger partial charge in [0.25, 0.3) is 0 Å². The molecule has 23 heavy (non-hydrogen) atoms. The van der Waals surface area contributed by atoms with Crippen LogP contribution in [0.25, 0.3) is 11.0 Å². The van der Waals surface area contributed by atoms with E-state index in [9.17, 15) is 4.79 Å². The second kappa shape index (κ2) is 5.88. The first-order valence-corrected chi connectivity index (χ1v) is 7.67. The zero-order valence-electron chi connectivity index (χ0n) is 13.6. The van der Waals surface area contributed by atoms with E-state index in [1.165, 1.54) is 5.56 Å². The summed E-state index contributed by atoms with van der Waals surface area (Å²) in [6.45, 7) is 6.49. The fourth-order valence-corrected chi connectivity index (χ4v) is 2.48. The van der Waals surface area contributed by atoms with Gasteiger partial charge in [-0.2, -0.15) is 0 Å². The highest BCUT2D eigenvalue weighted by Crippen LogP contribution is 2.24. The minimum atomic E-state index is -0.104. The number of anilines is 1. The van der Waals surface area contributed by atoms with Gasteiger partial charge in [-0.05, 0) is 35.2 Å². The second-order valence-corrected chi connectivity index (χ2v) is 6.68. The predicted octanol–water partition coefficient (Wildman–Crippen LogP) is 4.31. The molecule has 4 heteroatoms. The summed E-state index contributed by atoms with van der Waals surface area (Å²) in [5.74, 6) is -0.104. The molecule has 0 fully saturated rings. The predicted molar refractivity (Wildman–Crippen MR) is 91.5 cm³/mol. The summed E-state index contributed by atoms with van der Waals surface area (Å²) in [6, 6.07) is 15.5. The van der Waals surface area contributed by atoms with Crippen molar-refractivity contribution >= 4 is 22.6 Å². The molecule has 1 aromatic heterocycles. The third-order valence-corrected chi connectivity index (χ3v) is 3.81. The molecule has 0 aliphatic heterocycles. The molecule has 0 bridgehead atoms. The van der Waals surface area contributed by atoms with Crippen molar-refractivity contribution in [3.05, 3.63) is 59.8 Å². The van der Waals surface area contributed by atoms with Crippen molar-refractivity contribution in [2.75, 3.05) is 5.32 Å². The van der Waals surface area contributed by atoms with Crippen molar-refractivity contribution in [2.24, 2.45) is 0 Å². The van der Waals surface area contributed by atoms with Crippen molar-refractivity contribution in [1.29, 1.82) is 0 Å². The zero-order valence-corrected chi connectivity index (χ0v) is 13.6. The minimum absolute atomic E-state index is 0.0994. The van der Waals surface area contributed by atoms with E-state index in [-0.39, 0.29) is 17.7 Å². The van der Waals surface area contributed by atoms with E-state index >= 15 is 0 Å². The van der Waals surface area contributed by atoms with Crippen molar-refractivity contribution < 1.29 is 9.32 Å². The van der Waals surface area contributed by atoms with Crippen molar-refractivity contribution in [1.82, 2.24) is 5.16 Å². The number of fused-ring (bicyclic) bond motifs is 1. The summed E-state index contributed by atoms with van der Waals surface area (Å²) < 4.78 is 5.22. The molecule has 0 atom stereocenters. The number of carbonyl (C=O) groups excluding carboxylic acids is 1. The number of hydrogen-bond donors (Lipinski definition) is 1. The summed E-state index contributed by atoms with van der Waals surface area (Å²) in [5.41, 5.74) is 3.48. The summed E-state index contributed by atoms with van der Waals surface area (Å²) >= 11 is 0. The van der Waals surface area contributed by atoms with E-state index in [0.29, 0.717) is 11.3 Å². The molecular weight excluding hydrogens is 288 g/mol. The molecule has 1 N–H and O–H groups in total. The van der Waals surface area contributed by atoms with E-state index in [1.54, 1.807) is 0 Å². The van der Waals surface area contributed by atoms with Gasteiger partial charge < -0.3 is 9.84 Å². The lowest BCUT2D eigenvalue weighted by Crippen LogP contribution is -2.15. The summed E-state index contributed by atoms with van der Waals surface area (Å²) in [6.07, 6.45) is 0.192. The molecule has 0 spiro atoms. The van der Waals surface area contributed by atoms with Gasteiger partial charge in [-0.25, -0.2) is 0 Å². The molecule has 1 heterocycles. The first-order valence-electron chi connectivity index (χ1n) is 7.67. The molecule has 3 aromatic rings.